The fraction of sp³-hybridized carbons (Fsp3) is 0.667. The SMILES string of the molecule is CCCC(O)Cn1ccc(C)n1. The fourth-order valence-electron chi connectivity index (χ4n) is 1.21. The summed E-state index contributed by atoms with van der Waals surface area (Å²) in [7, 11) is 0. The van der Waals surface area contributed by atoms with Crippen molar-refractivity contribution in [2.24, 2.45) is 0 Å². The first-order chi connectivity index (χ1) is 5.72. The van der Waals surface area contributed by atoms with Crippen molar-refractivity contribution in [1.29, 1.82) is 0 Å². The van der Waals surface area contributed by atoms with Crippen LogP contribution in [0.3, 0.4) is 0 Å². The van der Waals surface area contributed by atoms with Crippen LogP contribution in [0.2, 0.25) is 0 Å². The molecular formula is C9H16N2O. The molecule has 3 nitrogen and oxygen atoms in total. The van der Waals surface area contributed by atoms with Gasteiger partial charge < -0.3 is 5.11 Å². The molecule has 0 aliphatic heterocycles. The number of aromatic nitrogens is 2. The van der Waals surface area contributed by atoms with Gasteiger partial charge in [-0.2, -0.15) is 5.10 Å². The molecule has 0 spiro atoms. The third-order valence-corrected chi connectivity index (χ3v) is 1.79. The molecule has 1 N–H and O–H groups in total. The minimum Gasteiger partial charge on any atom is -0.391 e. The van der Waals surface area contributed by atoms with E-state index in [9.17, 15) is 5.11 Å². The molecule has 0 fully saturated rings. The van der Waals surface area contributed by atoms with Crippen LogP contribution in [0.4, 0.5) is 0 Å². The van der Waals surface area contributed by atoms with Gasteiger partial charge >= 0.3 is 0 Å². The Kier molecular flexibility index (Phi) is 3.29. The maximum absolute atomic E-state index is 9.45. The predicted molar refractivity (Wildman–Crippen MR) is 47.9 cm³/mol. The maximum atomic E-state index is 9.45. The summed E-state index contributed by atoms with van der Waals surface area (Å²) >= 11 is 0. The van der Waals surface area contributed by atoms with E-state index in [0.29, 0.717) is 6.54 Å². The van der Waals surface area contributed by atoms with Crippen LogP contribution >= 0.6 is 0 Å². The van der Waals surface area contributed by atoms with Gasteiger partial charge in [0, 0.05) is 6.20 Å². The first-order valence-corrected chi connectivity index (χ1v) is 4.40. The Morgan fingerprint density at radius 3 is 2.92 bits per heavy atom. The molecule has 3 heteroatoms. The van der Waals surface area contributed by atoms with Crippen LogP contribution in [0.5, 0.6) is 0 Å². The van der Waals surface area contributed by atoms with E-state index in [1.807, 2.05) is 19.2 Å². The van der Waals surface area contributed by atoms with Crippen LogP contribution in [0.25, 0.3) is 0 Å². The van der Waals surface area contributed by atoms with Crippen LogP contribution < -0.4 is 0 Å². The van der Waals surface area contributed by atoms with Crippen molar-refractivity contribution in [3.05, 3.63) is 18.0 Å². The molecule has 0 bridgehead atoms. The van der Waals surface area contributed by atoms with Gasteiger partial charge in [-0.3, -0.25) is 4.68 Å². The number of nitrogens with zero attached hydrogens (tertiary/aromatic N) is 2. The lowest BCUT2D eigenvalue weighted by atomic mass is 10.2. The van der Waals surface area contributed by atoms with Crippen molar-refractivity contribution >= 4 is 0 Å². The molecular weight excluding hydrogens is 152 g/mol. The smallest absolute Gasteiger partial charge is 0.0736 e. The van der Waals surface area contributed by atoms with Crippen LogP contribution in [-0.2, 0) is 6.54 Å². The summed E-state index contributed by atoms with van der Waals surface area (Å²) in [6.45, 7) is 4.63. The van der Waals surface area contributed by atoms with E-state index in [1.165, 1.54) is 0 Å². The van der Waals surface area contributed by atoms with Crippen LogP contribution in [0.1, 0.15) is 25.5 Å². The molecule has 1 aromatic heterocycles. The Labute approximate surface area is 73.0 Å². The van der Waals surface area contributed by atoms with Crippen LogP contribution in [-0.4, -0.2) is 21.0 Å². The molecule has 1 rings (SSSR count). The third-order valence-electron chi connectivity index (χ3n) is 1.79. The van der Waals surface area contributed by atoms with Crippen molar-refractivity contribution in [3.8, 4) is 0 Å². The lowest BCUT2D eigenvalue weighted by Crippen LogP contribution is -2.15. The van der Waals surface area contributed by atoms with Gasteiger partial charge in [-0.25, -0.2) is 0 Å². The summed E-state index contributed by atoms with van der Waals surface area (Å²) in [5, 5.41) is 13.6. The van der Waals surface area contributed by atoms with Crippen molar-refractivity contribution in [2.75, 3.05) is 0 Å². The van der Waals surface area contributed by atoms with Crippen LogP contribution in [0.15, 0.2) is 12.3 Å². The Morgan fingerprint density at radius 2 is 2.42 bits per heavy atom. The number of aliphatic hydroxyl groups is 1. The summed E-state index contributed by atoms with van der Waals surface area (Å²) in [4.78, 5) is 0. The van der Waals surface area contributed by atoms with Gasteiger partial charge in [0.2, 0.25) is 0 Å². The quantitative estimate of drug-likeness (QED) is 0.737. The van der Waals surface area contributed by atoms with Gasteiger partial charge in [0.25, 0.3) is 0 Å². The Hall–Kier alpha value is -0.830. The van der Waals surface area contributed by atoms with E-state index in [1.54, 1.807) is 4.68 Å². The first kappa shape index (κ1) is 9.26. The second kappa shape index (κ2) is 4.26. The maximum Gasteiger partial charge on any atom is 0.0736 e. The van der Waals surface area contributed by atoms with Crippen molar-refractivity contribution in [3.63, 3.8) is 0 Å². The monoisotopic (exact) mass is 168 g/mol. The third kappa shape index (κ3) is 2.66. The highest BCUT2D eigenvalue weighted by atomic mass is 16.3. The average Bonchev–Trinajstić information content (AvgIpc) is 2.36. The van der Waals surface area contributed by atoms with E-state index in [0.717, 1.165) is 18.5 Å². The molecule has 0 aliphatic rings. The van der Waals surface area contributed by atoms with E-state index < -0.39 is 0 Å². The zero-order chi connectivity index (χ0) is 8.97. The van der Waals surface area contributed by atoms with Crippen molar-refractivity contribution in [2.45, 2.75) is 39.3 Å². The van der Waals surface area contributed by atoms with E-state index in [4.69, 9.17) is 0 Å². The first-order valence-electron chi connectivity index (χ1n) is 4.40. The molecule has 0 amide bonds. The van der Waals surface area contributed by atoms with Crippen LogP contribution in [0, 0.1) is 6.92 Å². The summed E-state index contributed by atoms with van der Waals surface area (Å²) in [6, 6.07) is 1.94. The number of rotatable bonds is 4. The minimum atomic E-state index is -0.255. The van der Waals surface area contributed by atoms with E-state index in [-0.39, 0.29) is 6.10 Å². The summed E-state index contributed by atoms with van der Waals surface area (Å²) in [5.74, 6) is 0. The topological polar surface area (TPSA) is 38.0 Å². The molecule has 1 heterocycles. The van der Waals surface area contributed by atoms with E-state index in [2.05, 4.69) is 12.0 Å². The molecule has 0 aromatic carbocycles. The number of hydrogen-bond acceptors (Lipinski definition) is 2. The van der Waals surface area contributed by atoms with Gasteiger partial charge in [0.05, 0.1) is 18.3 Å². The molecule has 0 aliphatic carbocycles. The zero-order valence-electron chi connectivity index (χ0n) is 7.70. The molecule has 68 valence electrons. The summed E-state index contributed by atoms with van der Waals surface area (Å²) in [6.07, 6.45) is 3.50. The molecule has 0 saturated heterocycles. The zero-order valence-corrected chi connectivity index (χ0v) is 7.70. The van der Waals surface area contributed by atoms with Crippen molar-refractivity contribution in [1.82, 2.24) is 9.78 Å². The Bertz CT molecular complexity index is 232. The summed E-state index contributed by atoms with van der Waals surface area (Å²) in [5.41, 5.74) is 0.999. The number of aliphatic hydroxyl groups excluding tert-OH is 1. The second-order valence-corrected chi connectivity index (χ2v) is 3.12. The van der Waals surface area contributed by atoms with Crippen molar-refractivity contribution < 1.29 is 5.11 Å². The Morgan fingerprint density at radius 1 is 1.67 bits per heavy atom. The molecule has 0 saturated carbocycles. The van der Waals surface area contributed by atoms with E-state index >= 15 is 0 Å². The highest BCUT2D eigenvalue weighted by Crippen LogP contribution is 2.00. The molecule has 0 radical (unpaired) electrons. The summed E-state index contributed by atoms with van der Waals surface area (Å²) < 4.78 is 1.79. The van der Waals surface area contributed by atoms with Gasteiger partial charge in [-0.15, -0.1) is 0 Å². The normalized spacial score (nSPS) is 13.2. The molecule has 1 unspecified atom stereocenters. The molecule has 12 heavy (non-hydrogen) atoms. The molecule has 1 aromatic rings. The lowest BCUT2D eigenvalue weighted by molar-refractivity contribution is 0.139. The Balaban J connectivity index is 2.41. The molecule has 1 atom stereocenters. The fourth-order valence-corrected chi connectivity index (χ4v) is 1.21. The lowest BCUT2D eigenvalue weighted by Gasteiger charge is -2.08. The largest absolute Gasteiger partial charge is 0.391 e. The van der Waals surface area contributed by atoms with Gasteiger partial charge in [0.1, 0.15) is 0 Å². The van der Waals surface area contributed by atoms with Gasteiger partial charge in [-0.1, -0.05) is 13.3 Å². The highest BCUT2D eigenvalue weighted by molar-refractivity contribution is 4.94. The number of aryl methyl sites for hydroxylation is 1. The van der Waals surface area contributed by atoms with Gasteiger partial charge in [0.15, 0.2) is 0 Å². The highest BCUT2D eigenvalue weighted by Gasteiger charge is 2.03. The standard InChI is InChI=1S/C9H16N2O/c1-3-4-9(12)7-11-6-5-8(2)10-11/h5-6,9,12H,3-4,7H2,1-2H3. The van der Waals surface area contributed by atoms with Gasteiger partial charge in [-0.05, 0) is 19.4 Å². The number of hydrogen-bond donors (Lipinski definition) is 1. The average molecular weight is 168 g/mol. The minimum absolute atomic E-state index is 0.255. The second-order valence-electron chi connectivity index (χ2n) is 3.12. The predicted octanol–water partition coefficient (Wildman–Crippen LogP) is 1.35.